The summed E-state index contributed by atoms with van der Waals surface area (Å²) in [6, 6.07) is 41.3. The molecule has 8 heteroatoms. The average molecular weight is 619 g/mol. The lowest BCUT2D eigenvalue weighted by Crippen LogP contribution is -2.41. The highest BCUT2D eigenvalue weighted by molar-refractivity contribution is 5.49. The molecule has 0 radical (unpaired) electrons. The fourth-order valence-electron chi connectivity index (χ4n) is 5.27. The Bertz CT molecular complexity index is 1650. The highest BCUT2D eigenvalue weighted by Crippen LogP contribution is 2.32. The van der Waals surface area contributed by atoms with Crippen molar-refractivity contribution >= 4 is 5.69 Å². The van der Waals surface area contributed by atoms with Crippen molar-refractivity contribution < 1.29 is 24.6 Å². The van der Waals surface area contributed by atoms with Gasteiger partial charge in [0.2, 0.25) is 0 Å². The Labute approximate surface area is 269 Å². The topological polar surface area (TPSA) is 105 Å². The fraction of sp³-hybridized carbons (Fsp3) is 0.211. The fourth-order valence-corrected chi connectivity index (χ4v) is 5.27. The molecule has 236 valence electrons. The zero-order valence-corrected chi connectivity index (χ0v) is 25.5. The number of aliphatic hydroxyl groups is 2. The van der Waals surface area contributed by atoms with Crippen LogP contribution >= 0.6 is 0 Å². The maximum Gasteiger partial charge on any atom is 0.311 e. The van der Waals surface area contributed by atoms with Gasteiger partial charge in [-0.1, -0.05) is 109 Å². The predicted octanol–water partition coefficient (Wildman–Crippen LogP) is 6.89. The van der Waals surface area contributed by atoms with Gasteiger partial charge < -0.3 is 19.7 Å². The molecule has 0 saturated carbocycles. The summed E-state index contributed by atoms with van der Waals surface area (Å²) in [5.41, 5.74) is 4.19. The molecule has 2 atom stereocenters. The second-order valence-corrected chi connectivity index (χ2v) is 11.1. The van der Waals surface area contributed by atoms with Gasteiger partial charge in [0, 0.05) is 25.2 Å². The van der Waals surface area contributed by atoms with Gasteiger partial charge in [-0.2, -0.15) is 0 Å². The van der Waals surface area contributed by atoms with Crippen LogP contribution in [0.15, 0.2) is 133 Å². The summed E-state index contributed by atoms with van der Waals surface area (Å²) in [4.78, 5) is 13.5. The first-order valence-electron chi connectivity index (χ1n) is 15.3. The van der Waals surface area contributed by atoms with Gasteiger partial charge >= 0.3 is 5.69 Å². The molecular formula is C38H38N2O6. The number of hydrogen-bond acceptors (Lipinski definition) is 7. The average Bonchev–Trinajstić information content (AvgIpc) is 3.10. The molecule has 0 aliphatic carbocycles. The number of hydrogen-bond donors (Lipinski definition) is 2. The SMILES string of the molecule is O=[N+]([O-])c1cc([C@@H](O)CN(Cc2ccccc2)[C@H](CO)Cc2ccc(OCc3ccccc3)cc2)ccc1OCc1ccccc1. The Morgan fingerprint density at radius 1 is 0.696 bits per heavy atom. The second-order valence-electron chi connectivity index (χ2n) is 11.1. The van der Waals surface area contributed by atoms with Crippen molar-refractivity contribution in [3.8, 4) is 11.5 Å². The van der Waals surface area contributed by atoms with Crippen molar-refractivity contribution in [2.24, 2.45) is 0 Å². The highest BCUT2D eigenvalue weighted by atomic mass is 16.6. The molecule has 5 aromatic carbocycles. The van der Waals surface area contributed by atoms with E-state index in [9.17, 15) is 20.3 Å². The highest BCUT2D eigenvalue weighted by Gasteiger charge is 2.25. The minimum Gasteiger partial charge on any atom is -0.489 e. The van der Waals surface area contributed by atoms with Crippen LogP contribution in [0.5, 0.6) is 11.5 Å². The molecule has 0 spiro atoms. The van der Waals surface area contributed by atoms with E-state index in [1.165, 1.54) is 12.1 Å². The molecule has 46 heavy (non-hydrogen) atoms. The van der Waals surface area contributed by atoms with Crippen molar-refractivity contribution in [2.75, 3.05) is 13.2 Å². The van der Waals surface area contributed by atoms with Crippen molar-refractivity contribution in [1.29, 1.82) is 0 Å². The van der Waals surface area contributed by atoms with Crippen LogP contribution in [0.4, 0.5) is 5.69 Å². The van der Waals surface area contributed by atoms with Crippen LogP contribution < -0.4 is 9.47 Å². The summed E-state index contributed by atoms with van der Waals surface area (Å²) in [5.74, 6) is 0.887. The maximum atomic E-state index is 12.0. The van der Waals surface area contributed by atoms with Gasteiger partial charge in [-0.3, -0.25) is 15.0 Å². The monoisotopic (exact) mass is 618 g/mol. The number of nitro groups is 1. The van der Waals surface area contributed by atoms with Gasteiger partial charge in [0.1, 0.15) is 19.0 Å². The zero-order chi connectivity index (χ0) is 32.1. The first kappa shape index (κ1) is 32.4. The first-order chi connectivity index (χ1) is 22.5. The molecule has 0 aliphatic heterocycles. The molecule has 0 unspecified atom stereocenters. The van der Waals surface area contributed by atoms with Crippen molar-refractivity contribution in [3.63, 3.8) is 0 Å². The van der Waals surface area contributed by atoms with Crippen LogP contribution in [0.1, 0.15) is 33.9 Å². The molecule has 0 aliphatic rings. The van der Waals surface area contributed by atoms with E-state index in [0.717, 1.165) is 28.0 Å². The third-order valence-corrected chi connectivity index (χ3v) is 7.81. The van der Waals surface area contributed by atoms with Crippen molar-refractivity contribution in [3.05, 3.63) is 171 Å². The first-order valence-corrected chi connectivity index (χ1v) is 15.3. The summed E-state index contributed by atoms with van der Waals surface area (Å²) < 4.78 is 11.7. The molecule has 0 aromatic heterocycles. The van der Waals surface area contributed by atoms with Gasteiger partial charge in [-0.05, 0) is 52.4 Å². The van der Waals surface area contributed by atoms with Crippen LogP contribution in [0.25, 0.3) is 0 Å². The van der Waals surface area contributed by atoms with Gasteiger partial charge in [0.05, 0.1) is 17.6 Å². The Morgan fingerprint density at radius 3 is 1.83 bits per heavy atom. The second kappa shape index (κ2) is 16.3. The molecular weight excluding hydrogens is 580 g/mol. The van der Waals surface area contributed by atoms with Gasteiger partial charge in [-0.25, -0.2) is 0 Å². The van der Waals surface area contributed by atoms with Gasteiger partial charge in [-0.15, -0.1) is 0 Å². The number of benzene rings is 5. The van der Waals surface area contributed by atoms with Crippen LogP contribution in [-0.4, -0.2) is 39.2 Å². The molecule has 0 fully saturated rings. The van der Waals surface area contributed by atoms with Crippen LogP contribution in [0.3, 0.4) is 0 Å². The Balaban J connectivity index is 1.29. The van der Waals surface area contributed by atoms with E-state index >= 15 is 0 Å². The lowest BCUT2D eigenvalue weighted by atomic mass is 10.0. The van der Waals surface area contributed by atoms with E-state index in [4.69, 9.17) is 9.47 Å². The number of nitro benzene ring substituents is 1. The minimum absolute atomic E-state index is 0.135. The van der Waals surface area contributed by atoms with Crippen molar-refractivity contribution in [2.45, 2.75) is 38.3 Å². The lowest BCUT2D eigenvalue weighted by molar-refractivity contribution is -0.386. The zero-order valence-electron chi connectivity index (χ0n) is 25.5. The van der Waals surface area contributed by atoms with Crippen LogP contribution in [-0.2, 0) is 26.2 Å². The van der Waals surface area contributed by atoms with E-state index in [-0.39, 0.29) is 37.2 Å². The minimum atomic E-state index is -1.05. The lowest BCUT2D eigenvalue weighted by Gasteiger charge is -2.32. The van der Waals surface area contributed by atoms with Crippen molar-refractivity contribution in [1.82, 2.24) is 4.90 Å². The normalized spacial score (nSPS) is 12.4. The van der Waals surface area contributed by atoms with E-state index < -0.39 is 11.0 Å². The molecule has 5 rings (SSSR count). The van der Waals surface area contributed by atoms with E-state index in [1.807, 2.05) is 120 Å². The maximum absolute atomic E-state index is 12.0. The van der Waals surface area contributed by atoms with Crippen LogP contribution in [0, 0.1) is 10.1 Å². The molecule has 2 N–H and O–H groups in total. The molecule has 0 saturated heterocycles. The van der Waals surface area contributed by atoms with Gasteiger partial charge in [0.25, 0.3) is 0 Å². The predicted molar refractivity (Wildman–Crippen MR) is 177 cm³/mol. The quantitative estimate of drug-likeness (QED) is 0.0916. The smallest absolute Gasteiger partial charge is 0.311 e. The summed E-state index contributed by atoms with van der Waals surface area (Å²) >= 11 is 0. The third kappa shape index (κ3) is 9.25. The standard InChI is InChI=1S/C38H38N2O6/c41-26-34(22-29-16-19-35(20-17-29)45-27-31-12-6-2-7-13-31)39(24-30-10-4-1-5-11-30)25-37(42)33-18-21-38(36(23-33)40(43)44)46-28-32-14-8-3-9-15-32/h1-21,23,34,37,41-42H,22,24-28H2/t34-,37-/m0/s1. The Morgan fingerprint density at radius 2 is 1.26 bits per heavy atom. The number of rotatable bonds is 16. The molecule has 8 nitrogen and oxygen atoms in total. The van der Waals surface area contributed by atoms with Crippen LogP contribution in [0.2, 0.25) is 0 Å². The summed E-state index contributed by atoms with van der Waals surface area (Å²) in [7, 11) is 0. The summed E-state index contributed by atoms with van der Waals surface area (Å²) in [6.45, 7) is 1.15. The van der Waals surface area contributed by atoms with E-state index in [1.54, 1.807) is 6.07 Å². The number of aliphatic hydroxyl groups excluding tert-OH is 2. The molecule has 5 aromatic rings. The Hall–Kier alpha value is -5.02. The number of ether oxygens (including phenoxy) is 2. The molecule has 0 heterocycles. The molecule has 0 amide bonds. The summed E-state index contributed by atoms with van der Waals surface area (Å²) in [6.07, 6.45) is -0.519. The third-order valence-electron chi connectivity index (χ3n) is 7.81. The van der Waals surface area contributed by atoms with Gasteiger partial charge in [0.15, 0.2) is 5.75 Å². The largest absolute Gasteiger partial charge is 0.489 e. The Kier molecular flexibility index (Phi) is 11.5. The molecule has 0 bridgehead atoms. The van der Waals surface area contributed by atoms with E-state index in [0.29, 0.717) is 25.1 Å². The van der Waals surface area contributed by atoms with E-state index in [2.05, 4.69) is 0 Å². The summed E-state index contributed by atoms with van der Waals surface area (Å²) in [5, 5.41) is 33.9. The number of nitrogens with zero attached hydrogens (tertiary/aromatic N) is 2.